The van der Waals surface area contributed by atoms with Crippen molar-refractivity contribution in [3.63, 3.8) is 0 Å². The summed E-state index contributed by atoms with van der Waals surface area (Å²) in [5, 5.41) is 12.1. The summed E-state index contributed by atoms with van der Waals surface area (Å²) in [6.45, 7) is 8.03. The number of hydrogen-bond donors (Lipinski definition) is 3. The van der Waals surface area contributed by atoms with Crippen LogP contribution in [0.25, 0.3) is 6.08 Å². The van der Waals surface area contributed by atoms with Gasteiger partial charge in [-0.2, -0.15) is 0 Å². The van der Waals surface area contributed by atoms with Gasteiger partial charge in [-0.25, -0.2) is 15.5 Å². The number of rotatable bonds is 16. The van der Waals surface area contributed by atoms with Crippen LogP contribution < -0.4 is 11.2 Å². The Morgan fingerprint density at radius 2 is 1.67 bits per heavy atom. The highest BCUT2D eigenvalue weighted by atomic mass is 16.5. The van der Waals surface area contributed by atoms with Crippen LogP contribution in [-0.4, -0.2) is 51.6 Å². The summed E-state index contributed by atoms with van der Waals surface area (Å²) in [6, 6.07) is 7.63. The average molecular weight is 503 g/mol. The molecule has 0 aliphatic heterocycles. The molecule has 0 aliphatic carbocycles. The van der Waals surface area contributed by atoms with E-state index in [0.29, 0.717) is 12.8 Å². The summed E-state index contributed by atoms with van der Waals surface area (Å²) in [5.41, 5.74) is 8.59. The largest absolute Gasteiger partial charge is 0.320 e. The molecule has 202 valence electrons. The number of carbonyl (C=O) groups excluding carboxylic acids is 3. The van der Waals surface area contributed by atoms with E-state index in [-0.39, 0.29) is 31.2 Å². The topological polar surface area (TPSA) is 116 Å². The molecule has 0 aliphatic rings. The number of nitrogens with one attached hydrogen (secondary N) is 1. The highest BCUT2D eigenvalue weighted by molar-refractivity contribution is 5.90. The van der Waals surface area contributed by atoms with Crippen molar-refractivity contribution in [3.05, 3.63) is 42.0 Å². The number of carbonyl (C=O) groups is 3. The second-order valence-electron chi connectivity index (χ2n) is 9.73. The van der Waals surface area contributed by atoms with Crippen molar-refractivity contribution in [2.75, 3.05) is 6.54 Å². The Morgan fingerprint density at radius 3 is 2.25 bits per heavy atom. The van der Waals surface area contributed by atoms with E-state index in [4.69, 9.17) is 5.73 Å². The molecule has 0 unspecified atom stereocenters. The van der Waals surface area contributed by atoms with Crippen LogP contribution in [-0.2, 0) is 14.4 Å². The Labute approximate surface area is 216 Å². The fourth-order valence-electron chi connectivity index (χ4n) is 3.89. The molecule has 2 atom stereocenters. The van der Waals surface area contributed by atoms with Crippen LogP contribution in [0.4, 0.5) is 0 Å². The van der Waals surface area contributed by atoms with Crippen molar-refractivity contribution in [2.45, 2.75) is 97.6 Å². The number of nitrogens with zero attached hydrogens (tertiary/aromatic N) is 2. The lowest BCUT2D eigenvalue weighted by Crippen LogP contribution is -2.61. The van der Waals surface area contributed by atoms with Crippen LogP contribution in [0.15, 0.2) is 36.4 Å². The zero-order valence-corrected chi connectivity index (χ0v) is 22.5. The molecule has 0 heterocycles. The van der Waals surface area contributed by atoms with Crippen molar-refractivity contribution in [3.8, 4) is 0 Å². The van der Waals surface area contributed by atoms with E-state index < -0.39 is 23.9 Å². The third kappa shape index (κ3) is 11.4. The first-order chi connectivity index (χ1) is 17.2. The Balaban J connectivity index is 3.26. The fourth-order valence-corrected chi connectivity index (χ4v) is 3.89. The number of hydroxylamine groups is 1. The lowest BCUT2D eigenvalue weighted by Gasteiger charge is -2.40. The average Bonchev–Trinajstić information content (AvgIpc) is 2.87. The predicted octanol–water partition coefficient (Wildman–Crippen LogP) is 4.68. The maximum atomic E-state index is 13.5. The van der Waals surface area contributed by atoms with Crippen LogP contribution in [0.5, 0.6) is 0 Å². The Morgan fingerprint density at radius 1 is 1.03 bits per heavy atom. The molecular weight excluding hydrogens is 456 g/mol. The van der Waals surface area contributed by atoms with Crippen molar-refractivity contribution in [1.82, 2.24) is 15.5 Å². The molecule has 1 aromatic carbocycles. The van der Waals surface area contributed by atoms with Crippen molar-refractivity contribution >= 4 is 23.8 Å². The van der Waals surface area contributed by atoms with Crippen LogP contribution in [0.3, 0.4) is 0 Å². The lowest BCUT2D eigenvalue weighted by atomic mass is 10.1. The number of benzene rings is 1. The quantitative estimate of drug-likeness (QED) is 0.172. The molecule has 4 N–H and O–H groups in total. The number of unbranched alkanes of at least 4 members (excludes halogenated alkanes) is 5. The summed E-state index contributed by atoms with van der Waals surface area (Å²) in [5.74, 6) is -1.25. The molecule has 0 spiro atoms. The van der Waals surface area contributed by atoms with Crippen LogP contribution in [0.2, 0.25) is 0 Å². The second-order valence-corrected chi connectivity index (χ2v) is 9.73. The molecule has 3 amide bonds. The van der Waals surface area contributed by atoms with Gasteiger partial charge < -0.3 is 5.73 Å². The summed E-state index contributed by atoms with van der Waals surface area (Å²) in [6.07, 6.45) is 10.6. The van der Waals surface area contributed by atoms with E-state index in [0.717, 1.165) is 37.7 Å². The number of hydrogen-bond acceptors (Lipinski definition) is 5. The summed E-state index contributed by atoms with van der Waals surface area (Å²) in [4.78, 5) is 39.5. The van der Waals surface area contributed by atoms with E-state index in [1.165, 1.54) is 10.0 Å². The van der Waals surface area contributed by atoms with Gasteiger partial charge in [-0.3, -0.25) is 19.6 Å². The predicted molar refractivity (Wildman–Crippen MR) is 143 cm³/mol. The SMILES string of the molecule is CCCCCCCCN(C(=O)[C@@H](C)N)N(C(=O)CCC(C)C)[C@@H](CC=Cc1ccccc1)C(=O)NO. The standard InChI is InChI=1S/C28H46N4O4/c1-5-6-7-8-9-13-21-31(28(35)23(4)29)32(26(33)20-19-22(2)3)25(27(34)30-36)18-14-17-24-15-11-10-12-16-24/h10-12,14-17,22-23,25,36H,5-9,13,18-21,29H2,1-4H3,(H,30,34)/t23-,25+/m1/s1. The highest BCUT2D eigenvalue weighted by Gasteiger charge is 2.36. The first kappa shape index (κ1) is 31.3. The zero-order chi connectivity index (χ0) is 26.9. The molecule has 0 saturated heterocycles. The highest BCUT2D eigenvalue weighted by Crippen LogP contribution is 2.19. The minimum absolute atomic E-state index is 0.119. The summed E-state index contributed by atoms with van der Waals surface area (Å²) in [7, 11) is 0. The Kier molecular flexibility index (Phi) is 15.4. The molecule has 0 fully saturated rings. The van der Waals surface area contributed by atoms with Crippen LogP contribution >= 0.6 is 0 Å². The molecule has 1 aromatic rings. The summed E-state index contributed by atoms with van der Waals surface area (Å²) >= 11 is 0. The molecular formula is C28H46N4O4. The van der Waals surface area contributed by atoms with Crippen LogP contribution in [0.1, 0.15) is 91.0 Å². The monoisotopic (exact) mass is 502 g/mol. The lowest BCUT2D eigenvalue weighted by molar-refractivity contribution is -0.174. The number of hydrazine groups is 1. The van der Waals surface area contributed by atoms with Gasteiger partial charge in [0.1, 0.15) is 6.04 Å². The van der Waals surface area contributed by atoms with Crippen molar-refractivity contribution in [1.29, 1.82) is 0 Å². The third-order valence-electron chi connectivity index (χ3n) is 6.00. The molecule has 8 heteroatoms. The molecule has 0 saturated carbocycles. The molecule has 0 aromatic heterocycles. The molecule has 0 radical (unpaired) electrons. The molecule has 0 bridgehead atoms. The molecule has 8 nitrogen and oxygen atoms in total. The van der Waals surface area contributed by atoms with Crippen molar-refractivity contribution < 1.29 is 19.6 Å². The second kappa shape index (κ2) is 17.7. The van der Waals surface area contributed by atoms with E-state index >= 15 is 0 Å². The molecule has 36 heavy (non-hydrogen) atoms. The Bertz CT molecular complexity index is 811. The first-order valence-electron chi connectivity index (χ1n) is 13.3. The van der Waals surface area contributed by atoms with Gasteiger partial charge in [0.2, 0.25) is 5.91 Å². The van der Waals surface area contributed by atoms with Crippen molar-refractivity contribution in [2.24, 2.45) is 11.7 Å². The van der Waals surface area contributed by atoms with Gasteiger partial charge >= 0.3 is 0 Å². The maximum Gasteiger partial charge on any atom is 0.268 e. The fraction of sp³-hybridized carbons (Fsp3) is 0.607. The van der Waals surface area contributed by atoms with E-state index in [9.17, 15) is 19.6 Å². The van der Waals surface area contributed by atoms with Gasteiger partial charge in [-0.05, 0) is 37.7 Å². The zero-order valence-electron chi connectivity index (χ0n) is 22.5. The van der Waals surface area contributed by atoms with Gasteiger partial charge in [-0.15, -0.1) is 0 Å². The minimum atomic E-state index is -1.10. The summed E-state index contributed by atoms with van der Waals surface area (Å²) < 4.78 is 0. The van der Waals surface area contributed by atoms with Gasteiger partial charge in [0.15, 0.2) is 0 Å². The van der Waals surface area contributed by atoms with E-state index in [1.807, 2.05) is 50.3 Å². The minimum Gasteiger partial charge on any atom is -0.320 e. The first-order valence-corrected chi connectivity index (χ1v) is 13.3. The number of amides is 3. The van der Waals surface area contributed by atoms with Gasteiger partial charge in [0.25, 0.3) is 11.8 Å². The maximum absolute atomic E-state index is 13.5. The number of nitrogens with two attached hydrogens (primary N) is 1. The van der Waals surface area contributed by atoms with Gasteiger partial charge in [-0.1, -0.05) is 95.4 Å². The third-order valence-corrected chi connectivity index (χ3v) is 6.00. The Hall–Kier alpha value is -2.71. The van der Waals surface area contributed by atoms with Gasteiger partial charge in [0.05, 0.1) is 6.04 Å². The van der Waals surface area contributed by atoms with E-state index in [2.05, 4.69) is 6.92 Å². The van der Waals surface area contributed by atoms with E-state index in [1.54, 1.807) is 18.5 Å². The van der Waals surface area contributed by atoms with Gasteiger partial charge in [0, 0.05) is 13.0 Å². The van der Waals surface area contributed by atoms with Crippen LogP contribution in [0, 0.1) is 5.92 Å². The molecule has 1 rings (SSSR count). The smallest absolute Gasteiger partial charge is 0.268 e. The normalized spacial score (nSPS) is 13.0.